The first kappa shape index (κ1) is 17.7. The van der Waals surface area contributed by atoms with Gasteiger partial charge in [0.15, 0.2) is 0 Å². The fourth-order valence-electron chi connectivity index (χ4n) is 2.13. The van der Waals surface area contributed by atoms with Crippen LogP contribution < -0.4 is 15.8 Å². The molecular weight excluding hydrogens is 288 g/mol. The number of hydrogen-bond acceptors (Lipinski definition) is 5. The molecule has 0 aromatic heterocycles. The van der Waals surface area contributed by atoms with Crippen LogP contribution in [0.4, 0.5) is 11.4 Å². The lowest BCUT2D eigenvalue weighted by Gasteiger charge is -2.29. The maximum Gasteiger partial charge on any atom is 0.240 e. The van der Waals surface area contributed by atoms with E-state index >= 15 is 0 Å². The van der Waals surface area contributed by atoms with Crippen LogP contribution >= 0.6 is 0 Å². The van der Waals surface area contributed by atoms with Crippen molar-refractivity contribution in [1.82, 2.24) is 4.90 Å². The van der Waals surface area contributed by atoms with Gasteiger partial charge in [-0.15, -0.1) is 0 Å². The predicted octanol–water partition coefficient (Wildman–Crippen LogP) is 0.940. The number of hydrogen-bond donors (Lipinski definition) is 2. The van der Waals surface area contributed by atoms with Crippen molar-refractivity contribution in [2.45, 2.75) is 18.7 Å². The summed E-state index contributed by atoms with van der Waals surface area (Å²) < 4.78 is 23.2. The van der Waals surface area contributed by atoms with Gasteiger partial charge in [0.1, 0.15) is 4.90 Å². The van der Waals surface area contributed by atoms with E-state index in [0.29, 0.717) is 5.92 Å². The van der Waals surface area contributed by atoms with E-state index in [1.807, 2.05) is 20.2 Å². The molecule has 0 spiro atoms. The number of para-hydroxylation sites is 1. The summed E-state index contributed by atoms with van der Waals surface area (Å²) in [4.78, 5) is 4.17. The Bertz CT molecular complexity index is 570. The molecular formula is C14H26N4O2S. The summed E-state index contributed by atoms with van der Waals surface area (Å²) in [7, 11) is 0.184. The fourth-order valence-corrected chi connectivity index (χ4v) is 2.81. The van der Waals surface area contributed by atoms with E-state index in [1.54, 1.807) is 6.07 Å². The molecule has 0 fully saturated rings. The van der Waals surface area contributed by atoms with Crippen LogP contribution in [0.5, 0.6) is 0 Å². The summed E-state index contributed by atoms with van der Waals surface area (Å²) >= 11 is 0. The number of rotatable bonds is 7. The highest BCUT2D eigenvalue weighted by atomic mass is 32.2. The smallest absolute Gasteiger partial charge is 0.240 e. The van der Waals surface area contributed by atoms with Crippen LogP contribution in [0, 0.1) is 5.92 Å². The third-order valence-electron chi connectivity index (χ3n) is 3.09. The van der Waals surface area contributed by atoms with Crippen LogP contribution in [-0.2, 0) is 10.0 Å². The van der Waals surface area contributed by atoms with E-state index in [9.17, 15) is 8.42 Å². The minimum absolute atomic E-state index is 0.0152. The van der Waals surface area contributed by atoms with Gasteiger partial charge in [-0.3, -0.25) is 0 Å². The number of benzene rings is 1. The Morgan fingerprint density at radius 1 is 1.19 bits per heavy atom. The standard InChI is InChI=1S/C14H26N4O2S/c1-11(2)10-18(9-8-17(3)4)12-6-5-7-13(14(12)15)21(16,19)20/h5-7,11H,8-10,15H2,1-4H3,(H2,16,19,20). The Morgan fingerprint density at radius 2 is 1.81 bits per heavy atom. The van der Waals surface area contributed by atoms with Gasteiger partial charge in [-0.1, -0.05) is 19.9 Å². The lowest BCUT2D eigenvalue weighted by molar-refractivity contribution is 0.409. The van der Waals surface area contributed by atoms with Crippen LogP contribution in [0.1, 0.15) is 13.8 Å². The van der Waals surface area contributed by atoms with Gasteiger partial charge in [0.2, 0.25) is 10.0 Å². The Hall–Kier alpha value is -1.31. The van der Waals surface area contributed by atoms with Gasteiger partial charge in [0.05, 0.1) is 11.4 Å². The topological polar surface area (TPSA) is 92.7 Å². The number of nitrogens with two attached hydrogens (primary N) is 2. The zero-order valence-corrected chi connectivity index (χ0v) is 14.0. The number of likely N-dealkylation sites (N-methyl/N-ethyl adjacent to an activating group) is 1. The number of nitrogen functional groups attached to an aromatic ring is 1. The molecule has 0 radical (unpaired) electrons. The van der Waals surface area contributed by atoms with Crippen molar-refractivity contribution in [2.75, 3.05) is 44.4 Å². The highest BCUT2D eigenvalue weighted by Gasteiger charge is 2.18. The maximum absolute atomic E-state index is 11.6. The number of sulfonamides is 1. The van der Waals surface area contributed by atoms with E-state index in [0.717, 1.165) is 25.3 Å². The predicted molar refractivity (Wildman–Crippen MR) is 87.8 cm³/mol. The average molecular weight is 314 g/mol. The SMILES string of the molecule is CC(C)CN(CCN(C)C)c1cccc(S(N)(=O)=O)c1N. The molecule has 0 aliphatic rings. The molecule has 1 rings (SSSR count). The molecule has 0 heterocycles. The van der Waals surface area contributed by atoms with Crippen LogP contribution in [0.2, 0.25) is 0 Å². The van der Waals surface area contributed by atoms with Crippen molar-refractivity contribution in [3.8, 4) is 0 Å². The van der Waals surface area contributed by atoms with E-state index in [1.165, 1.54) is 6.07 Å². The van der Waals surface area contributed by atoms with Crippen LogP contribution in [0.3, 0.4) is 0 Å². The van der Waals surface area contributed by atoms with Gasteiger partial charge in [-0.2, -0.15) is 0 Å². The molecule has 0 saturated carbocycles. The molecule has 1 aromatic carbocycles. The minimum Gasteiger partial charge on any atom is -0.396 e. The zero-order chi connectivity index (χ0) is 16.2. The van der Waals surface area contributed by atoms with Gasteiger partial charge in [-0.25, -0.2) is 13.6 Å². The summed E-state index contributed by atoms with van der Waals surface area (Å²) in [5, 5.41) is 5.22. The van der Waals surface area contributed by atoms with E-state index in [-0.39, 0.29) is 10.6 Å². The van der Waals surface area contributed by atoms with Crippen molar-refractivity contribution < 1.29 is 8.42 Å². The molecule has 4 N–H and O–H groups in total. The highest BCUT2D eigenvalue weighted by Crippen LogP contribution is 2.29. The molecule has 0 atom stereocenters. The van der Waals surface area contributed by atoms with Crippen LogP contribution in [0.25, 0.3) is 0 Å². The molecule has 21 heavy (non-hydrogen) atoms. The second kappa shape index (κ2) is 7.11. The molecule has 0 saturated heterocycles. The van der Waals surface area contributed by atoms with Crippen molar-refractivity contribution >= 4 is 21.4 Å². The summed E-state index contributed by atoms with van der Waals surface area (Å²) in [6.07, 6.45) is 0. The van der Waals surface area contributed by atoms with Gasteiger partial charge in [0, 0.05) is 19.6 Å². The lowest BCUT2D eigenvalue weighted by atomic mass is 10.1. The summed E-state index contributed by atoms with van der Waals surface area (Å²) in [6, 6.07) is 4.95. The van der Waals surface area contributed by atoms with E-state index in [2.05, 4.69) is 23.6 Å². The Labute approximate surface area is 127 Å². The molecule has 0 bridgehead atoms. The van der Waals surface area contributed by atoms with Gasteiger partial charge in [-0.05, 0) is 32.1 Å². The quantitative estimate of drug-likeness (QED) is 0.731. The number of primary sulfonamides is 1. The van der Waals surface area contributed by atoms with E-state index < -0.39 is 10.0 Å². The molecule has 120 valence electrons. The van der Waals surface area contributed by atoms with Crippen LogP contribution in [0.15, 0.2) is 23.1 Å². The normalized spacial score (nSPS) is 12.1. The second-order valence-corrected chi connectivity index (χ2v) is 7.41. The zero-order valence-electron chi connectivity index (χ0n) is 13.2. The average Bonchev–Trinajstić information content (AvgIpc) is 2.33. The van der Waals surface area contributed by atoms with Crippen molar-refractivity contribution in [1.29, 1.82) is 0 Å². The largest absolute Gasteiger partial charge is 0.396 e. The Balaban J connectivity index is 3.18. The molecule has 0 unspecified atom stereocenters. The second-order valence-electron chi connectivity index (χ2n) is 5.88. The van der Waals surface area contributed by atoms with Crippen LogP contribution in [-0.4, -0.2) is 47.0 Å². The monoisotopic (exact) mass is 314 g/mol. The lowest BCUT2D eigenvalue weighted by Crippen LogP contribution is -2.35. The minimum atomic E-state index is -3.81. The number of nitrogens with zero attached hydrogens (tertiary/aromatic N) is 2. The third kappa shape index (κ3) is 5.18. The third-order valence-corrected chi connectivity index (χ3v) is 4.06. The number of anilines is 2. The summed E-state index contributed by atoms with van der Waals surface area (Å²) in [6.45, 7) is 6.64. The Morgan fingerprint density at radius 3 is 2.29 bits per heavy atom. The first-order chi connectivity index (χ1) is 9.62. The molecule has 0 amide bonds. The molecule has 7 heteroatoms. The van der Waals surface area contributed by atoms with Crippen molar-refractivity contribution in [3.05, 3.63) is 18.2 Å². The van der Waals surface area contributed by atoms with Crippen molar-refractivity contribution in [2.24, 2.45) is 11.1 Å². The first-order valence-corrected chi connectivity index (χ1v) is 8.48. The molecule has 1 aromatic rings. The van der Waals surface area contributed by atoms with Gasteiger partial charge < -0.3 is 15.5 Å². The molecule has 0 aliphatic heterocycles. The van der Waals surface area contributed by atoms with E-state index in [4.69, 9.17) is 10.9 Å². The fraction of sp³-hybridized carbons (Fsp3) is 0.571. The highest BCUT2D eigenvalue weighted by molar-refractivity contribution is 7.89. The molecule has 6 nitrogen and oxygen atoms in total. The van der Waals surface area contributed by atoms with Gasteiger partial charge in [0.25, 0.3) is 0 Å². The molecule has 0 aliphatic carbocycles. The maximum atomic E-state index is 11.6. The first-order valence-electron chi connectivity index (χ1n) is 6.94. The summed E-state index contributed by atoms with van der Waals surface area (Å²) in [5.41, 5.74) is 6.98. The van der Waals surface area contributed by atoms with Gasteiger partial charge >= 0.3 is 0 Å². The Kier molecular flexibility index (Phi) is 6.00. The van der Waals surface area contributed by atoms with Crippen molar-refractivity contribution in [3.63, 3.8) is 0 Å². The summed E-state index contributed by atoms with van der Waals surface area (Å²) in [5.74, 6) is 0.435.